The van der Waals surface area contributed by atoms with Crippen LogP contribution in [-0.4, -0.2) is 19.6 Å². The largest absolute Gasteiger partial charge is 0.692 e. The molecule has 0 unspecified atom stereocenters. The minimum Gasteiger partial charge on any atom is -0.321 e. The Hall–Kier alpha value is -1.39. The fourth-order valence-corrected chi connectivity index (χ4v) is 1.57. The molecule has 0 amide bonds. The van der Waals surface area contributed by atoms with Crippen LogP contribution in [0.2, 0.25) is 0 Å². The Bertz CT molecular complexity index is 495. The smallest absolute Gasteiger partial charge is 0.321 e. The van der Waals surface area contributed by atoms with Gasteiger partial charge in [-0.2, -0.15) is 0 Å². The SMILES string of the molecule is O=P(O)(O)c1ccccc1.O=[P+](O)O.c1ccccc1. The summed E-state index contributed by atoms with van der Waals surface area (Å²) < 4.78 is 19.2. The lowest BCUT2D eigenvalue weighted by atomic mass is 10.4. The second-order valence-corrected chi connectivity index (χ2v) is 5.40. The van der Waals surface area contributed by atoms with Crippen molar-refractivity contribution < 1.29 is 28.7 Å². The van der Waals surface area contributed by atoms with Crippen molar-refractivity contribution in [1.82, 2.24) is 0 Å². The van der Waals surface area contributed by atoms with Crippen molar-refractivity contribution in [3.05, 3.63) is 66.7 Å². The normalized spacial score (nSPS) is 9.40. The van der Waals surface area contributed by atoms with Gasteiger partial charge in [0.25, 0.3) is 0 Å². The number of hydrogen-bond acceptors (Lipinski definition) is 2. The van der Waals surface area contributed by atoms with Crippen LogP contribution in [0.1, 0.15) is 0 Å². The minimum atomic E-state index is -4.02. The van der Waals surface area contributed by atoms with E-state index in [-0.39, 0.29) is 5.30 Å². The average molecular weight is 317 g/mol. The molecule has 0 heterocycles. The topological polar surface area (TPSA) is 115 Å². The van der Waals surface area contributed by atoms with E-state index in [1.165, 1.54) is 12.1 Å². The summed E-state index contributed by atoms with van der Waals surface area (Å²) in [6.07, 6.45) is 0. The van der Waals surface area contributed by atoms with E-state index >= 15 is 0 Å². The van der Waals surface area contributed by atoms with E-state index in [1.807, 2.05) is 36.4 Å². The average Bonchev–Trinajstić information content (AvgIpc) is 2.41. The van der Waals surface area contributed by atoms with Gasteiger partial charge in [0.15, 0.2) is 0 Å². The second-order valence-electron chi connectivity index (χ2n) is 3.29. The Morgan fingerprint density at radius 1 is 0.750 bits per heavy atom. The van der Waals surface area contributed by atoms with Crippen molar-refractivity contribution >= 4 is 21.2 Å². The summed E-state index contributed by atoms with van der Waals surface area (Å²) in [7, 11) is -6.89. The van der Waals surface area contributed by atoms with E-state index in [0.29, 0.717) is 0 Å². The van der Waals surface area contributed by atoms with E-state index in [0.717, 1.165) is 0 Å². The van der Waals surface area contributed by atoms with Gasteiger partial charge >= 0.3 is 15.9 Å². The quantitative estimate of drug-likeness (QED) is 0.596. The lowest BCUT2D eigenvalue weighted by Crippen LogP contribution is -2.01. The van der Waals surface area contributed by atoms with Gasteiger partial charge in [-0.3, -0.25) is 4.57 Å². The zero-order chi connectivity index (χ0) is 15.4. The number of benzene rings is 2. The van der Waals surface area contributed by atoms with Gasteiger partial charge in [-0.25, -0.2) is 0 Å². The highest BCUT2D eigenvalue weighted by Gasteiger charge is 2.14. The van der Waals surface area contributed by atoms with Gasteiger partial charge in [0.2, 0.25) is 0 Å². The highest BCUT2D eigenvalue weighted by atomic mass is 31.2. The molecule has 0 fully saturated rings. The van der Waals surface area contributed by atoms with Crippen LogP contribution >= 0.6 is 15.9 Å². The molecule has 0 aliphatic heterocycles. The Labute approximate surface area is 117 Å². The highest BCUT2D eigenvalue weighted by Crippen LogP contribution is 2.32. The lowest BCUT2D eigenvalue weighted by molar-refractivity contribution is 0.387. The maximum absolute atomic E-state index is 10.5. The molecule has 0 spiro atoms. The molecule has 0 bridgehead atoms. The zero-order valence-corrected chi connectivity index (χ0v) is 12.1. The van der Waals surface area contributed by atoms with Gasteiger partial charge in [-0.15, -0.1) is 9.79 Å². The van der Waals surface area contributed by atoms with Crippen molar-refractivity contribution in [1.29, 1.82) is 0 Å². The number of rotatable bonds is 1. The molecule has 6 nitrogen and oxygen atoms in total. The molecule has 0 aromatic heterocycles. The van der Waals surface area contributed by atoms with Crippen LogP contribution in [-0.2, 0) is 9.13 Å². The van der Waals surface area contributed by atoms with Crippen LogP contribution in [0, 0.1) is 0 Å². The predicted octanol–water partition coefficient (Wildman–Crippen LogP) is 1.80. The van der Waals surface area contributed by atoms with E-state index in [2.05, 4.69) is 0 Å². The summed E-state index contributed by atoms with van der Waals surface area (Å²) in [5.41, 5.74) is 0. The third-order valence-electron chi connectivity index (χ3n) is 1.76. The summed E-state index contributed by atoms with van der Waals surface area (Å²) in [4.78, 5) is 31.4. The summed E-state index contributed by atoms with van der Waals surface area (Å²) in [5.74, 6) is 0. The van der Waals surface area contributed by atoms with E-state index < -0.39 is 15.9 Å². The number of hydrogen-bond donors (Lipinski definition) is 4. The van der Waals surface area contributed by atoms with Crippen molar-refractivity contribution in [2.45, 2.75) is 0 Å². The molecule has 0 aliphatic carbocycles. The van der Waals surface area contributed by atoms with E-state index in [9.17, 15) is 4.57 Å². The Morgan fingerprint density at radius 3 is 1.20 bits per heavy atom. The molecule has 2 aromatic carbocycles. The van der Waals surface area contributed by atoms with Gasteiger partial charge in [0.05, 0.1) is 5.30 Å². The summed E-state index contributed by atoms with van der Waals surface area (Å²) >= 11 is 0. The van der Waals surface area contributed by atoms with E-state index in [1.54, 1.807) is 18.2 Å². The molecular weight excluding hydrogens is 302 g/mol. The summed E-state index contributed by atoms with van der Waals surface area (Å²) in [6, 6.07) is 19.7. The monoisotopic (exact) mass is 317 g/mol. The lowest BCUT2D eigenvalue weighted by Gasteiger charge is -2.00. The second kappa shape index (κ2) is 10.4. The van der Waals surface area contributed by atoms with Crippen molar-refractivity contribution in [3.63, 3.8) is 0 Å². The molecule has 2 aromatic rings. The molecule has 8 heteroatoms. The van der Waals surface area contributed by atoms with Crippen molar-refractivity contribution in [3.8, 4) is 0 Å². The molecule has 20 heavy (non-hydrogen) atoms. The molecule has 0 saturated carbocycles. The van der Waals surface area contributed by atoms with Gasteiger partial charge in [-0.1, -0.05) is 54.6 Å². The van der Waals surface area contributed by atoms with Crippen LogP contribution < -0.4 is 5.30 Å². The summed E-state index contributed by atoms with van der Waals surface area (Å²) in [6.45, 7) is 0. The molecule has 0 aliphatic rings. The van der Waals surface area contributed by atoms with Crippen LogP contribution in [0.15, 0.2) is 66.7 Å². The zero-order valence-electron chi connectivity index (χ0n) is 10.4. The van der Waals surface area contributed by atoms with Gasteiger partial charge in [0.1, 0.15) is 0 Å². The fraction of sp³-hybridized carbons (Fsp3) is 0. The molecule has 0 radical (unpaired) electrons. The maximum atomic E-state index is 10.5. The molecule has 0 atom stereocenters. The Balaban J connectivity index is 0.000000307. The first-order valence-electron chi connectivity index (χ1n) is 5.30. The fourth-order valence-electron chi connectivity index (χ4n) is 1.01. The first-order chi connectivity index (χ1) is 9.34. The first kappa shape index (κ1) is 18.6. The van der Waals surface area contributed by atoms with Crippen LogP contribution in [0.5, 0.6) is 0 Å². The van der Waals surface area contributed by atoms with Crippen LogP contribution in [0.4, 0.5) is 0 Å². The Morgan fingerprint density at radius 2 is 1.00 bits per heavy atom. The molecule has 108 valence electrons. The van der Waals surface area contributed by atoms with Gasteiger partial charge < -0.3 is 9.79 Å². The molecule has 0 saturated heterocycles. The first-order valence-corrected chi connectivity index (χ1v) is 8.08. The van der Waals surface area contributed by atoms with Gasteiger partial charge in [0, 0.05) is 4.57 Å². The van der Waals surface area contributed by atoms with Gasteiger partial charge in [-0.05, 0) is 12.1 Å². The molecule has 4 N–H and O–H groups in total. The third-order valence-corrected chi connectivity index (χ3v) is 2.73. The van der Waals surface area contributed by atoms with Crippen LogP contribution in [0.3, 0.4) is 0 Å². The minimum absolute atomic E-state index is 0.0648. The van der Waals surface area contributed by atoms with Crippen molar-refractivity contribution in [2.24, 2.45) is 0 Å². The van der Waals surface area contributed by atoms with Crippen LogP contribution in [0.25, 0.3) is 0 Å². The highest BCUT2D eigenvalue weighted by molar-refractivity contribution is 7.60. The predicted molar refractivity (Wildman–Crippen MR) is 76.6 cm³/mol. The third kappa shape index (κ3) is 11.7. The maximum Gasteiger partial charge on any atom is 0.692 e. The Kier molecular flexibility index (Phi) is 9.68. The standard InChI is InChI=1S/C6H7O3P.C6H6.HO3P/c7-10(8,9)6-4-2-1-3-5-6;1-2-4-6-5-3-1;1-4(2)3/h1-5H,(H2,7,8,9);1-6H;(H-,1,2,3)/p+1. The molecule has 2 rings (SSSR count). The van der Waals surface area contributed by atoms with E-state index in [4.69, 9.17) is 24.1 Å². The summed E-state index contributed by atoms with van der Waals surface area (Å²) in [5, 5.41) is 0.0648. The molecular formula is C12H15O6P2+. The van der Waals surface area contributed by atoms with Crippen molar-refractivity contribution in [2.75, 3.05) is 0 Å².